The van der Waals surface area contributed by atoms with Crippen LogP contribution >= 0.6 is 0 Å². The van der Waals surface area contributed by atoms with Crippen LogP contribution in [0.3, 0.4) is 0 Å². The number of nitrogens with zero attached hydrogens (tertiary/aromatic N) is 4. The second kappa shape index (κ2) is 10.0. The minimum absolute atomic E-state index is 0.0548. The van der Waals surface area contributed by atoms with Gasteiger partial charge in [-0.25, -0.2) is 0 Å². The number of aromatic hydroxyl groups is 1. The summed E-state index contributed by atoms with van der Waals surface area (Å²) in [6.07, 6.45) is 0. The highest BCUT2D eigenvalue weighted by Gasteiger charge is 2.17. The van der Waals surface area contributed by atoms with Gasteiger partial charge in [0, 0.05) is 16.8 Å². The smallest absolute Gasteiger partial charge is 0.295 e. The number of benzene rings is 4. The molecule has 0 amide bonds. The molecule has 37 heavy (non-hydrogen) atoms. The maximum Gasteiger partial charge on any atom is 0.295 e. The number of hydrogen-bond acceptors (Lipinski definition) is 10. The first-order valence-electron chi connectivity index (χ1n) is 10.3. The van der Waals surface area contributed by atoms with Crippen molar-refractivity contribution in [3.05, 3.63) is 72.8 Å². The Hall–Kier alpha value is -4.24. The van der Waals surface area contributed by atoms with Crippen molar-refractivity contribution in [2.24, 2.45) is 20.5 Å². The molecule has 0 bridgehead atoms. The molecule has 4 aromatic carbocycles. The van der Waals surface area contributed by atoms with Crippen molar-refractivity contribution in [1.29, 1.82) is 0 Å². The molecule has 0 heterocycles. The molecule has 0 aliphatic rings. The quantitative estimate of drug-likeness (QED) is 0.191. The fourth-order valence-electron chi connectivity index (χ4n) is 3.33. The van der Waals surface area contributed by atoms with Gasteiger partial charge >= 0.3 is 0 Å². The summed E-state index contributed by atoms with van der Waals surface area (Å²) in [5.74, 6) is -0.0352. The summed E-state index contributed by atoms with van der Waals surface area (Å²) < 4.78 is 69.2. The summed E-state index contributed by atoms with van der Waals surface area (Å²) in [6, 6.07) is 16.6. The zero-order valence-electron chi connectivity index (χ0n) is 18.9. The summed E-state index contributed by atoms with van der Waals surface area (Å²) in [5, 5.41) is 27.1. The number of phenolic OH excluding ortho intramolecular Hbond substituents is 1. The Labute approximate surface area is 211 Å². The highest BCUT2D eigenvalue weighted by molar-refractivity contribution is 7.86. The van der Waals surface area contributed by atoms with E-state index in [1.807, 2.05) is 0 Å². The Morgan fingerprint density at radius 3 is 1.95 bits per heavy atom. The third kappa shape index (κ3) is 5.78. The van der Waals surface area contributed by atoms with Crippen molar-refractivity contribution >= 4 is 53.8 Å². The topological polar surface area (TPSA) is 188 Å². The van der Waals surface area contributed by atoms with Crippen LogP contribution in [0.4, 0.5) is 22.7 Å². The normalized spacial score (nSPS) is 12.5. The zero-order valence-corrected chi connectivity index (χ0v) is 20.5. The number of azo groups is 2. The number of ether oxygens (including phenoxy) is 1. The third-order valence-corrected chi connectivity index (χ3v) is 6.87. The first-order chi connectivity index (χ1) is 17.5. The Kier molecular flexibility index (Phi) is 7.00. The fourth-order valence-corrected chi connectivity index (χ4v) is 4.51. The van der Waals surface area contributed by atoms with E-state index in [0.717, 1.165) is 0 Å². The molecule has 0 saturated carbocycles. The van der Waals surface area contributed by atoms with Gasteiger partial charge in [-0.15, -0.1) is 10.2 Å². The zero-order chi connectivity index (χ0) is 26.8. The van der Waals surface area contributed by atoms with Gasteiger partial charge in [0.2, 0.25) is 0 Å². The van der Waals surface area contributed by atoms with E-state index in [1.54, 1.807) is 12.1 Å². The molecular formula is C23H18N4O8S2. The van der Waals surface area contributed by atoms with Gasteiger partial charge in [0.05, 0.1) is 23.4 Å². The Bertz CT molecular complexity index is 1770. The van der Waals surface area contributed by atoms with Gasteiger partial charge in [-0.1, -0.05) is 18.2 Å². The lowest BCUT2D eigenvalue weighted by Crippen LogP contribution is -1.98. The third-order valence-electron chi connectivity index (χ3n) is 5.09. The number of hydrogen-bond donors (Lipinski definition) is 3. The Balaban J connectivity index is 1.60. The van der Waals surface area contributed by atoms with E-state index in [0.29, 0.717) is 17.1 Å². The predicted octanol–water partition coefficient (Wildman–Crippen LogP) is 5.88. The van der Waals surface area contributed by atoms with Crippen LogP contribution in [0.1, 0.15) is 0 Å². The molecule has 0 radical (unpaired) electrons. The molecule has 14 heteroatoms. The van der Waals surface area contributed by atoms with E-state index in [-0.39, 0.29) is 37.7 Å². The van der Waals surface area contributed by atoms with Crippen molar-refractivity contribution in [3.8, 4) is 11.5 Å². The number of phenols is 1. The minimum atomic E-state index is -4.49. The first kappa shape index (κ1) is 25.8. The molecule has 0 unspecified atom stereocenters. The highest BCUT2D eigenvalue weighted by Crippen LogP contribution is 2.39. The second-order valence-corrected chi connectivity index (χ2v) is 10.3. The van der Waals surface area contributed by atoms with Gasteiger partial charge in [0.25, 0.3) is 20.2 Å². The molecule has 0 aromatic heterocycles. The van der Waals surface area contributed by atoms with Gasteiger partial charge in [-0.2, -0.15) is 27.1 Å². The van der Waals surface area contributed by atoms with Gasteiger partial charge in [-0.05, 0) is 48.5 Å². The first-order valence-corrected chi connectivity index (χ1v) is 13.2. The molecule has 4 rings (SSSR count). The van der Waals surface area contributed by atoms with E-state index < -0.39 is 20.2 Å². The van der Waals surface area contributed by atoms with Crippen molar-refractivity contribution in [2.45, 2.75) is 9.79 Å². The lowest BCUT2D eigenvalue weighted by atomic mass is 10.1. The van der Waals surface area contributed by atoms with Crippen molar-refractivity contribution < 1.29 is 35.8 Å². The molecule has 190 valence electrons. The monoisotopic (exact) mass is 542 g/mol. The molecule has 0 aliphatic carbocycles. The lowest BCUT2D eigenvalue weighted by Gasteiger charge is -2.07. The summed E-state index contributed by atoms with van der Waals surface area (Å²) >= 11 is 0. The van der Waals surface area contributed by atoms with Crippen LogP contribution < -0.4 is 4.74 Å². The number of rotatable bonds is 7. The molecule has 0 fully saturated rings. The molecule has 0 saturated heterocycles. The number of methoxy groups -OCH3 is 1. The average Bonchev–Trinajstić information content (AvgIpc) is 2.86. The van der Waals surface area contributed by atoms with Crippen LogP contribution in [-0.4, -0.2) is 38.2 Å². The van der Waals surface area contributed by atoms with Gasteiger partial charge < -0.3 is 9.84 Å². The van der Waals surface area contributed by atoms with E-state index in [1.165, 1.54) is 67.8 Å². The molecule has 0 spiro atoms. The van der Waals surface area contributed by atoms with Crippen LogP contribution in [-0.2, 0) is 20.2 Å². The fraction of sp³-hybridized carbons (Fsp3) is 0.0435. The van der Waals surface area contributed by atoms with Crippen LogP contribution in [0.2, 0.25) is 0 Å². The highest BCUT2D eigenvalue weighted by atomic mass is 32.2. The molecular weight excluding hydrogens is 524 g/mol. The Morgan fingerprint density at radius 2 is 1.30 bits per heavy atom. The number of fused-ring (bicyclic) bond motifs is 1. The van der Waals surface area contributed by atoms with Crippen LogP contribution in [0.25, 0.3) is 10.8 Å². The summed E-state index contributed by atoms with van der Waals surface area (Å²) in [6.45, 7) is 0. The van der Waals surface area contributed by atoms with E-state index in [9.17, 15) is 26.5 Å². The lowest BCUT2D eigenvalue weighted by molar-refractivity contribution is 0.416. The summed E-state index contributed by atoms with van der Waals surface area (Å²) in [5.41, 5.74) is 1.09. The van der Waals surface area contributed by atoms with Crippen molar-refractivity contribution in [3.63, 3.8) is 0 Å². The maximum absolute atomic E-state index is 11.6. The molecule has 3 N–H and O–H groups in total. The summed E-state index contributed by atoms with van der Waals surface area (Å²) in [7, 11) is -7.39. The van der Waals surface area contributed by atoms with Gasteiger partial charge in [0.1, 0.15) is 22.0 Å². The van der Waals surface area contributed by atoms with Gasteiger partial charge in [0.15, 0.2) is 5.75 Å². The standard InChI is InChI=1S/C23H18N4O8S2/c1-35-21-13-15(25-24-14-5-8-16(9-6-14)36(29,30)31)7-11-19(21)26-27-20-12-10-17-18(23(20)28)3-2-4-22(17)37(32,33)34/h2-13,28H,1H3,(H,29,30,31)(H,32,33,34). The molecule has 12 nitrogen and oxygen atoms in total. The summed E-state index contributed by atoms with van der Waals surface area (Å²) in [4.78, 5) is -0.608. The van der Waals surface area contributed by atoms with Crippen LogP contribution in [0.5, 0.6) is 11.5 Å². The average molecular weight is 543 g/mol. The van der Waals surface area contributed by atoms with Gasteiger partial charge in [-0.3, -0.25) is 9.11 Å². The predicted molar refractivity (Wildman–Crippen MR) is 133 cm³/mol. The SMILES string of the molecule is COc1cc(N=Nc2ccc(S(=O)(=O)O)cc2)ccc1N=Nc1ccc2c(S(=O)(=O)O)cccc2c1O. The molecule has 0 atom stereocenters. The van der Waals surface area contributed by atoms with Crippen molar-refractivity contribution in [2.75, 3.05) is 7.11 Å². The largest absolute Gasteiger partial charge is 0.505 e. The van der Waals surface area contributed by atoms with Crippen molar-refractivity contribution in [1.82, 2.24) is 0 Å². The minimum Gasteiger partial charge on any atom is -0.505 e. The second-order valence-electron chi connectivity index (χ2n) is 7.48. The maximum atomic E-state index is 11.6. The van der Waals surface area contributed by atoms with Crippen LogP contribution in [0.15, 0.2) is 103 Å². The molecule has 4 aromatic rings. The van der Waals surface area contributed by atoms with Crippen LogP contribution in [0, 0.1) is 0 Å². The molecule has 0 aliphatic heterocycles. The Morgan fingerprint density at radius 1 is 0.676 bits per heavy atom. The van der Waals surface area contributed by atoms with E-state index in [2.05, 4.69) is 20.5 Å². The van der Waals surface area contributed by atoms with E-state index >= 15 is 0 Å². The van der Waals surface area contributed by atoms with E-state index in [4.69, 9.17) is 9.29 Å².